The molecule has 0 spiro atoms. The molecule has 2 heteroatoms. The zero-order valence-corrected chi connectivity index (χ0v) is 10.8. The van der Waals surface area contributed by atoms with Crippen LogP contribution in [0.2, 0.25) is 25.2 Å². The Morgan fingerprint density at radius 3 is 2.07 bits per heavy atom. The molecule has 0 radical (unpaired) electrons. The minimum atomic E-state index is -1.09. The maximum Gasteiger partial charge on any atom is 0.0682 e. The van der Waals surface area contributed by atoms with E-state index in [-0.39, 0.29) is 5.60 Å². The lowest BCUT2D eigenvalue weighted by molar-refractivity contribution is 0.0602. The van der Waals surface area contributed by atoms with Crippen LogP contribution in [0.3, 0.4) is 0 Å². The van der Waals surface area contributed by atoms with E-state index in [4.69, 9.17) is 0 Å². The highest BCUT2D eigenvalue weighted by atomic mass is 28.3. The minimum Gasteiger partial charge on any atom is -0.390 e. The molecule has 2 saturated carbocycles. The second-order valence-electron chi connectivity index (χ2n) is 6.45. The van der Waals surface area contributed by atoms with E-state index in [1.807, 2.05) is 0 Å². The molecule has 0 aliphatic heterocycles. The van der Waals surface area contributed by atoms with Gasteiger partial charge in [0.2, 0.25) is 0 Å². The van der Waals surface area contributed by atoms with Crippen LogP contribution in [0.1, 0.15) is 38.5 Å². The Balaban J connectivity index is 1.98. The second kappa shape index (κ2) is 3.34. The highest BCUT2D eigenvalue weighted by Gasteiger charge is 2.61. The van der Waals surface area contributed by atoms with Gasteiger partial charge in [0.25, 0.3) is 0 Å². The van der Waals surface area contributed by atoms with Gasteiger partial charge in [-0.3, -0.25) is 0 Å². The summed E-state index contributed by atoms with van der Waals surface area (Å²) in [5, 5.41) is 10.6. The summed E-state index contributed by atoms with van der Waals surface area (Å²) < 4.78 is 0. The van der Waals surface area contributed by atoms with Crippen LogP contribution in [0.15, 0.2) is 0 Å². The fourth-order valence-corrected chi connectivity index (χ4v) is 6.05. The molecular weight excluding hydrogens is 188 g/mol. The summed E-state index contributed by atoms with van der Waals surface area (Å²) in [7, 11) is -1.09. The quantitative estimate of drug-likeness (QED) is 0.696. The van der Waals surface area contributed by atoms with E-state index in [2.05, 4.69) is 19.6 Å². The first kappa shape index (κ1) is 10.7. The molecule has 82 valence electrons. The van der Waals surface area contributed by atoms with Gasteiger partial charge in [0.05, 0.1) is 13.7 Å². The van der Waals surface area contributed by atoms with Gasteiger partial charge in [-0.25, -0.2) is 0 Å². The summed E-state index contributed by atoms with van der Waals surface area (Å²) in [6.07, 6.45) is 7.79. The molecule has 0 saturated heterocycles. The predicted molar refractivity (Wildman–Crippen MR) is 63.2 cm³/mol. The fourth-order valence-electron chi connectivity index (χ4n) is 3.38. The van der Waals surface area contributed by atoms with Crippen LogP contribution < -0.4 is 0 Å². The Labute approximate surface area is 88.9 Å². The third-order valence-electron chi connectivity index (χ3n) is 4.33. The molecule has 0 bridgehead atoms. The molecule has 1 N–H and O–H groups in total. The van der Waals surface area contributed by atoms with Crippen molar-refractivity contribution < 1.29 is 5.11 Å². The standard InChI is InChI=1S/C12H24OSi/c1-14(2,3)11-9-12(11,13)10-7-5-4-6-8-10/h10-11,13H,4-9H2,1-3H3/t11-,12+/m1/s1. The number of hydrogen-bond acceptors (Lipinski definition) is 1. The van der Waals surface area contributed by atoms with Crippen LogP contribution in [-0.2, 0) is 0 Å². The minimum absolute atomic E-state index is 0.217. The van der Waals surface area contributed by atoms with Gasteiger partial charge in [0.15, 0.2) is 0 Å². The van der Waals surface area contributed by atoms with Crippen LogP contribution in [-0.4, -0.2) is 18.8 Å². The average Bonchev–Trinajstić information content (AvgIpc) is 2.81. The zero-order valence-electron chi connectivity index (χ0n) is 9.84. The molecule has 14 heavy (non-hydrogen) atoms. The van der Waals surface area contributed by atoms with E-state index >= 15 is 0 Å². The summed E-state index contributed by atoms with van der Waals surface area (Å²) in [4.78, 5) is 0. The monoisotopic (exact) mass is 212 g/mol. The maximum absolute atomic E-state index is 10.6. The summed E-state index contributed by atoms with van der Waals surface area (Å²) in [5.74, 6) is 0.646. The van der Waals surface area contributed by atoms with Gasteiger partial charge in [0, 0.05) is 0 Å². The van der Waals surface area contributed by atoms with Crippen LogP contribution in [0.4, 0.5) is 0 Å². The molecule has 1 nitrogen and oxygen atoms in total. The van der Waals surface area contributed by atoms with Crippen molar-refractivity contribution in [3.05, 3.63) is 0 Å². The molecule has 0 aromatic rings. The van der Waals surface area contributed by atoms with E-state index in [0.717, 1.165) is 6.42 Å². The van der Waals surface area contributed by atoms with E-state index in [1.165, 1.54) is 32.1 Å². The highest BCUT2D eigenvalue weighted by Crippen LogP contribution is 2.61. The molecule has 0 amide bonds. The van der Waals surface area contributed by atoms with Crippen molar-refractivity contribution in [1.29, 1.82) is 0 Å². The van der Waals surface area contributed by atoms with E-state index < -0.39 is 8.07 Å². The van der Waals surface area contributed by atoms with Gasteiger partial charge in [-0.1, -0.05) is 38.9 Å². The van der Waals surface area contributed by atoms with E-state index in [1.54, 1.807) is 0 Å². The SMILES string of the molecule is C[Si](C)(C)[C@@H]1C[C@]1(O)C1CCCCC1. The van der Waals surface area contributed by atoms with Crippen LogP contribution >= 0.6 is 0 Å². The van der Waals surface area contributed by atoms with E-state index in [0.29, 0.717) is 11.5 Å². The normalized spacial score (nSPS) is 39.9. The van der Waals surface area contributed by atoms with Crippen molar-refractivity contribution in [2.45, 2.75) is 69.3 Å². The van der Waals surface area contributed by atoms with Crippen molar-refractivity contribution in [3.63, 3.8) is 0 Å². The molecule has 2 rings (SSSR count). The lowest BCUT2D eigenvalue weighted by atomic mass is 9.84. The van der Waals surface area contributed by atoms with Crippen molar-refractivity contribution >= 4 is 8.07 Å². The molecule has 2 aliphatic rings. The zero-order chi connectivity index (χ0) is 10.4. The topological polar surface area (TPSA) is 20.2 Å². The Morgan fingerprint density at radius 2 is 1.64 bits per heavy atom. The van der Waals surface area contributed by atoms with Crippen molar-refractivity contribution in [3.8, 4) is 0 Å². The van der Waals surface area contributed by atoms with Crippen molar-refractivity contribution in [2.75, 3.05) is 0 Å². The smallest absolute Gasteiger partial charge is 0.0682 e. The average molecular weight is 212 g/mol. The Kier molecular flexibility index (Phi) is 2.55. The van der Waals surface area contributed by atoms with Gasteiger partial charge < -0.3 is 5.11 Å². The maximum atomic E-state index is 10.6. The lowest BCUT2D eigenvalue weighted by Crippen LogP contribution is -2.32. The van der Waals surface area contributed by atoms with Gasteiger partial charge in [-0.15, -0.1) is 0 Å². The summed E-state index contributed by atoms with van der Waals surface area (Å²) in [5.41, 5.74) is 0.475. The highest BCUT2D eigenvalue weighted by molar-refractivity contribution is 6.78. The molecule has 2 atom stereocenters. The van der Waals surface area contributed by atoms with Crippen LogP contribution in [0.5, 0.6) is 0 Å². The molecule has 2 fully saturated rings. The molecule has 0 aromatic heterocycles. The summed E-state index contributed by atoms with van der Waals surface area (Å²) in [6, 6.07) is 0. The first-order chi connectivity index (χ1) is 6.44. The Hall–Kier alpha value is 0.177. The van der Waals surface area contributed by atoms with Crippen LogP contribution in [0, 0.1) is 5.92 Å². The van der Waals surface area contributed by atoms with Gasteiger partial charge in [-0.05, 0) is 30.7 Å². The Bertz CT molecular complexity index is 215. The number of rotatable bonds is 2. The van der Waals surface area contributed by atoms with Gasteiger partial charge in [0.1, 0.15) is 0 Å². The Morgan fingerprint density at radius 1 is 1.07 bits per heavy atom. The summed E-state index contributed by atoms with van der Waals surface area (Å²) in [6.45, 7) is 7.20. The van der Waals surface area contributed by atoms with Crippen molar-refractivity contribution in [2.24, 2.45) is 5.92 Å². The predicted octanol–water partition coefficient (Wildman–Crippen LogP) is 3.41. The molecule has 0 unspecified atom stereocenters. The third-order valence-corrected chi connectivity index (χ3v) is 7.13. The lowest BCUT2D eigenvalue weighted by Gasteiger charge is -2.30. The first-order valence-corrected chi connectivity index (χ1v) is 9.75. The fraction of sp³-hybridized carbons (Fsp3) is 1.00. The largest absolute Gasteiger partial charge is 0.390 e. The molecule has 2 aliphatic carbocycles. The third kappa shape index (κ3) is 1.79. The molecule has 0 heterocycles. The van der Waals surface area contributed by atoms with Crippen molar-refractivity contribution in [1.82, 2.24) is 0 Å². The molecule has 0 aromatic carbocycles. The first-order valence-electron chi connectivity index (χ1n) is 6.17. The van der Waals surface area contributed by atoms with Gasteiger partial charge >= 0.3 is 0 Å². The second-order valence-corrected chi connectivity index (χ2v) is 11.9. The molecular formula is C12H24OSi. The van der Waals surface area contributed by atoms with Gasteiger partial charge in [-0.2, -0.15) is 0 Å². The number of hydrogen-bond donors (Lipinski definition) is 1. The summed E-state index contributed by atoms with van der Waals surface area (Å²) >= 11 is 0. The number of aliphatic hydroxyl groups is 1. The van der Waals surface area contributed by atoms with Crippen LogP contribution in [0.25, 0.3) is 0 Å². The van der Waals surface area contributed by atoms with E-state index in [9.17, 15) is 5.11 Å².